The van der Waals surface area contributed by atoms with Crippen LogP contribution in [0.3, 0.4) is 0 Å². The van der Waals surface area contributed by atoms with Gasteiger partial charge in [0.05, 0.1) is 17.3 Å². The van der Waals surface area contributed by atoms with Crippen LogP contribution in [0.5, 0.6) is 0 Å². The number of ether oxygens (including phenoxy) is 1. The van der Waals surface area contributed by atoms with Crippen LogP contribution < -0.4 is 0 Å². The Labute approximate surface area is 136 Å². The summed E-state index contributed by atoms with van der Waals surface area (Å²) in [5, 5.41) is 11.0. The molecule has 6 atom stereocenters. The largest absolute Gasteiger partial charge is 0.393 e. The van der Waals surface area contributed by atoms with Crippen molar-refractivity contribution in [2.75, 3.05) is 0 Å². The van der Waals surface area contributed by atoms with Crippen molar-refractivity contribution in [2.24, 2.45) is 22.7 Å². The fraction of sp³-hybridized carbons (Fsp3) is 0.900. The molecule has 22 heavy (non-hydrogen) atoms. The number of hydrogen-bond donors (Lipinski definition) is 1. The van der Waals surface area contributed by atoms with Gasteiger partial charge in [0.25, 0.3) is 0 Å². The van der Waals surface area contributed by atoms with Crippen LogP contribution in [0.1, 0.15) is 73.1 Å². The Morgan fingerprint density at radius 2 is 1.77 bits per heavy atom. The van der Waals surface area contributed by atoms with E-state index in [9.17, 15) is 5.11 Å². The molecule has 3 rings (SSSR count). The van der Waals surface area contributed by atoms with Crippen molar-refractivity contribution in [3.63, 3.8) is 0 Å². The van der Waals surface area contributed by atoms with Gasteiger partial charge in [-0.2, -0.15) is 0 Å². The van der Waals surface area contributed by atoms with Crippen molar-refractivity contribution in [3.05, 3.63) is 12.7 Å². The van der Waals surface area contributed by atoms with Gasteiger partial charge in [0.15, 0.2) is 0 Å². The van der Waals surface area contributed by atoms with Gasteiger partial charge in [-0.25, -0.2) is 0 Å². The minimum Gasteiger partial charge on any atom is -0.393 e. The number of fused-ring (bicyclic) bond motifs is 3. The van der Waals surface area contributed by atoms with Gasteiger partial charge in [-0.3, -0.25) is 0 Å². The number of hydrogen-bond acceptors (Lipinski definition) is 2. The van der Waals surface area contributed by atoms with E-state index < -0.39 is 0 Å². The quantitative estimate of drug-likeness (QED) is 0.711. The molecular weight excluding hydrogens is 272 g/mol. The summed E-state index contributed by atoms with van der Waals surface area (Å²) in [5.41, 5.74) is -0.0404. The van der Waals surface area contributed by atoms with Crippen LogP contribution >= 0.6 is 0 Å². The molecule has 1 aliphatic heterocycles. The number of rotatable bonds is 1. The van der Waals surface area contributed by atoms with Gasteiger partial charge in [0, 0.05) is 6.42 Å². The van der Waals surface area contributed by atoms with Crippen LogP contribution in [0.15, 0.2) is 12.7 Å². The van der Waals surface area contributed by atoms with Gasteiger partial charge in [-0.15, -0.1) is 6.58 Å². The molecule has 1 saturated heterocycles. The first kappa shape index (κ1) is 16.5. The van der Waals surface area contributed by atoms with Crippen LogP contribution in [-0.2, 0) is 4.74 Å². The monoisotopic (exact) mass is 306 g/mol. The number of aliphatic hydroxyl groups is 1. The second-order valence-electron chi connectivity index (χ2n) is 9.62. The van der Waals surface area contributed by atoms with Crippen molar-refractivity contribution in [1.82, 2.24) is 0 Å². The standard InChI is InChI=1S/C20H34O2/c1-7-18(4)12-9-15-19(5)11-8-10-17(2,3)16(19)14(21)13-20(15,6)22-18/h7,14-16,21H,1,8-13H2,2-6H3/t14-,15-,16+,18+,19+,20+/m0/s1. The van der Waals surface area contributed by atoms with Crippen molar-refractivity contribution in [1.29, 1.82) is 0 Å². The molecule has 2 aliphatic carbocycles. The third-order valence-electron chi connectivity index (χ3n) is 7.45. The summed E-state index contributed by atoms with van der Waals surface area (Å²) < 4.78 is 6.59. The van der Waals surface area contributed by atoms with Crippen LogP contribution in [0.2, 0.25) is 0 Å². The van der Waals surface area contributed by atoms with Crippen molar-refractivity contribution >= 4 is 0 Å². The first-order chi connectivity index (χ1) is 10.1. The summed E-state index contributed by atoms with van der Waals surface area (Å²) in [6.45, 7) is 15.5. The maximum atomic E-state index is 11.0. The normalized spacial score (nSPS) is 54.2. The molecule has 0 aromatic heterocycles. The van der Waals surface area contributed by atoms with Gasteiger partial charge in [-0.05, 0) is 62.2 Å². The average molecular weight is 306 g/mol. The smallest absolute Gasteiger partial charge is 0.0839 e. The summed E-state index contributed by atoms with van der Waals surface area (Å²) >= 11 is 0. The molecule has 1 heterocycles. The lowest BCUT2D eigenvalue weighted by Gasteiger charge is -2.66. The predicted octanol–water partition coefficient (Wildman–Crippen LogP) is 4.71. The average Bonchev–Trinajstić information content (AvgIpc) is 2.35. The molecule has 2 saturated carbocycles. The third kappa shape index (κ3) is 2.21. The molecule has 0 radical (unpaired) electrons. The Balaban J connectivity index is 2.00. The highest BCUT2D eigenvalue weighted by atomic mass is 16.5. The molecule has 0 bridgehead atoms. The molecule has 3 fully saturated rings. The molecule has 0 aromatic rings. The highest BCUT2D eigenvalue weighted by Gasteiger charge is 2.64. The molecule has 2 nitrogen and oxygen atoms in total. The van der Waals surface area contributed by atoms with E-state index >= 15 is 0 Å². The summed E-state index contributed by atoms with van der Waals surface area (Å²) in [7, 11) is 0. The summed E-state index contributed by atoms with van der Waals surface area (Å²) in [6.07, 6.45) is 8.45. The molecule has 1 N–H and O–H groups in total. The lowest BCUT2D eigenvalue weighted by atomic mass is 9.43. The van der Waals surface area contributed by atoms with Crippen molar-refractivity contribution in [3.8, 4) is 0 Å². The molecule has 2 heteroatoms. The first-order valence-corrected chi connectivity index (χ1v) is 9.08. The van der Waals surface area contributed by atoms with Gasteiger partial charge in [0.1, 0.15) is 0 Å². The summed E-state index contributed by atoms with van der Waals surface area (Å²) in [4.78, 5) is 0. The topological polar surface area (TPSA) is 29.5 Å². The molecule has 0 amide bonds. The molecule has 0 unspecified atom stereocenters. The van der Waals surface area contributed by atoms with Gasteiger partial charge in [0.2, 0.25) is 0 Å². The Hall–Kier alpha value is -0.340. The molecule has 0 spiro atoms. The lowest BCUT2D eigenvalue weighted by molar-refractivity contribution is -0.277. The first-order valence-electron chi connectivity index (χ1n) is 9.08. The zero-order valence-corrected chi connectivity index (χ0v) is 15.1. The Morgan fingerprint density at radius 3 is 2.41 bits per heavy atom. The van der Waals surface area contributed by atoms with Crippen LogP contribution in [0, 0.1) is 22.7 Å². The fourth-order valence-corrected chi connectivity index (χ4v) is 6.76. The SMILES string of the molecule is C=C[C@]1(C)CC[C@H]2[C@@]3(C)CCCC(C)(C)[C@H]3[C@@H](O)C[C@@]2(C)O1. The van der Waals surface area contributed by atoms with Gasteiger partial charge < -0.3 is 9.84 Å². The Bertz CT molecular complexity index is 470. The van der Waals surface area contributed by atoms with Crippen LogP contribution in [0.4, 0.5) is 0 Å². The van der Waals surface area contributed by atoms with E-state index in [-0.39, 0.29) is 28.1 Å². The van der Waals surface area contributed by atoms with E-state index in [0.717, 1.165) is 12.8 Å². The van der Waals surface area contributed by atoms with E-state index in [4.69, 9.17) is 4.74 Å². The second kappa shape index (κ2) is 4.83. The predicted molar refractivity (Wildman–Crippen MR) is 90.7 cm³/mol. The maximum Gasteiger partial charge on any atom is 0.0839 e. The van der Waals surface area contributed by atoms with Gasteiger partial charge >= 0.3 is 0 Å². The molecule has 126 valence electrons. The lowest BCUT2D eigenvalue weighted by Crippen LogP contribution is -2.66. The third-order valence-corrected chi connectivity index (χ3v) is 7.45. The van der Waals surface area contributed by atoms with Crippen LogP contribution in [-0.4, -0.2) is 22.4 Å². The summed E-state index contributed by atoms with van der Waals surface area (Å²) in [5.74, 6) is 0.935. The second-order valence-corrected chi connectivity index (χ2v) is 9.62. The van der Waals surface area contributed by atoms with E-state index in [1.807, 2.05) is 6.08 Å². The van der Waals surface area contributed by atoms with E-state index in [0.29, 0.717) is 11.8 Å². The highest BCUT2D eigenvalue weighted by Crippen LogP contribution is 2.65. The Kier molecular flexibility index (Phi) is 3.63. The zero-order valence-electron chi connectivity index (χ0n) is 15.1. The fourth-order valence-electron chi connectivity index (χ4n) is 6.76. The minimum absolute atomic E-state index is 0.191. The van der Waals surface area contributed by atoms with Crippen LogP contribution in [0.25, 0.3) is 0 Å². The Morgan fingerprint density at radius 1 is 1.09 bits per heavy atom. The van der Waals surface area contributed by atoms with Crippen molar-refractivity contribution in [2.45, 2.75) is 90.4 Å². The molecular formula is C20H34O2. The van der Waals surface area contributed by atoms with Gasteiger partial charge in [-0.1, -0.05) is 33.3 Å². The molecule has 3 aliphatic rings. The van der Waals surface area contributed by atoms with E-state index in [1.165, 1.54) is 25.7 Å². The van der Waals surface area contributed by atoms with Crippen molar-refractivity contribution < 1.29 is 9.84 Å². The summed E-state index contributed by atoms with van der Waals surface area (Å²) in [6, 6.07) is 0. The number of aliphatic hydroxyl groups excluding tert-OH is 1. The highest BCUT2D eigenvalue weighted by molar-refractivity contribution is 5.14. The maximum absolute atomic E-state index is 11.0. The van der Waals surface area contributed by atoms with E-state index in [1.54, 1.807) is 0 Å². The minimum atomic E-state index is -0.256. The molecule has 0 aromatic carbocycles. The zero-order chi connectivity index (χ0) is 16.4. The van der Waals surface area contributed by atoms with E-state index in [2.05, 4.69) is 41.2 Å².